The van der Waals surface area contributed by atoms with E-state index in [9.17, 15) is 19.2 Å². The molecule has 0 saturated heterocycles. The molecular formula is C23H29N3O5. The topological polar surface area (TPSA) is 114 Å². The van der Waals surface area contributed by atoms with Crippen LogP contribution in [0.1, 0.15) is 48.9 Å². The summed E-state index contributed by atoms with van der Waals surface area (Å²) in [6, 6.07) is 6.50. The van der Waals surface area contributed by atoms with Crippen LogP contribution >= 0.6 is 0 Å². The molecule has 166 valence electrons. The van der Waals surface area contributed by atoms with Gasteiger partial charge >= 0.3 is 5.97 Å². The van der Waals surface area contributed by atoms with E-state index in [1.165, 1.54) is 26.3 Å². The number of hydrogen-bond donors (Lipinski definition) is 3. The average Bonchev–Trinajstić information content (AvgIpc) is 2.75. The Morgan fingerprint density at radius 3 is 2.06 bits per heavy atom. The first-order valence-electron chi connectivity index (χ1n) is 10.9. The van der Waals surface area contributed by atoms with Crippen LogP contribution in [-0.4, -0.2) is 43.9 Å². The van der Waals surface area contributed by atoms with E-state index < -0.39 is 18.5 Å². The number of nitrogens with one attached hydrogen (secondary N) is 3. The van der Waals surface area contributed by atoms with Crippen LogP contribution in [0.5, 0.6) is 0 Å². The molecule has 0 heterocycles. The smallest absolute Gasteiger partial charge is 0.338 e. The zero-order chi connectivity index (χ0) is 22.0. The molecule has 8 nitrogen and oxygen atoms in total. The molecule has 5 rings (SSSR count). The van der Waals surface area contributed by atoms with Gasteiger partial charge in [0.25, 0.3) is 5.91 Å². The maximum atomic E-state index is 13.1. The fourth-order valence-electron chi connectivity index (χ4n) is 5.87. The Hall–Kier alpha value is -2.90. The maximum Gasteiger partial charge on any atom is 0.338 e. The third kappa shape index (κ3) is 4.73. The molecule has 0 spiro atoms. The van der Waals surface area contributed by atoms with Crippen LogP contribution in [0.3, 0.4) is 0 Å². The Labute approximate surface area is 181 Å². The number of likely N-dealkylation sites (N-methyl/N-ethyl adjacent to an activating group) is 1. The molecular weight excluding hydrogens is 398 g/mol. The van der Waals surface area contributed by atoms with E-state index in [0.717, 1.165) is 19.3 Å². The second-order valence-electron chi connectivity index (χ2n) is 9.26. The highest BCUT2D eigenvalue weighted by Gasteiger charge is 2.54. The highest BCUT2D eigenvalue weighted by Crippen LogP contribution is 2.60. The molecule has 3 N–H and O–H groups in total. The van der Waals surface area contributed by atoms with Crippen molar-refractivity contribution in [2.75, 3.05) is 25.5 Å². The zero-order valence-corrected chi connectivity index (χ0v) is 17.7. The van der Waals surface area contributed by atoms with Gasteiger partial charge in [0, 0.05) is 12.7 Å². The van der Waals surface area contributed by atoms with Crippen molar-refractivity contribution in [2.24, 2.45) is 23.2 Å². The quantitative estimate of drug-likeness (QED) is 0.575. The van der Waals surface area contributed by atoms with Crippen molar-refractivity contribution in [1.29, 1.82) is 0 Å². The number of benzene rings is 1. The highest BCUT2D eigenvalue weighted by atomic mass is 16.5. The summed E-state index contributed by atoms with van der Waals surface area (Å²) >= 11 is 0. The molecule has 3 amide bonds. The molecule has 0 unspecified atom stereocenters. The summed E-state index contributed by atoms with van der Waals surface area (Å²) in [5.41, 5.74) is 0.710. The predicted octanol–water partition coefficient (Wildman–Crippen LogP) is 1.86. The second-order valence-corrected chi connectivity index (χ2v) is 9.26. The van der Waals surface area contributed by atoms with E-state index in [0.29, 0.717) is 23.4 Å². The van der Waals surface area contributed by atoms with E-state index in [1.807, 2.05) is 0 Å². The van der Waals surface area contributed by atoms with E-state index in [-0.39, 0.29) is 29.3 Å². The summed E-state index contributed by atoms with van der Waals surface area (Å²) in [5, 5.41) is 7.78. The monoisotopic (exact) mass is 427 g/mol. The number of carbonyl (C=O) groups is 4. The fourth-order valence-corrected chi connectivity index (χ4v) is 5.87. The first kappa shape index (κ1) is 21.3. The Balaban J connectivity index is 1.28. The molecule has 4 aliphatic rings. The SMILES string of the molecule is CNC(=O)CNC(=O)COC(=O)c1ccc(NC(=O)C23CC4CC(CC(C4)C2)C3)cc1. The lowest BCUT2D eigenvalue weighted by atomic mass is 9.49. The van der Waals surface area contributed by atoms with Crippen molar-refractivity contribution in [3.8, 4) is 0 Å². The van der Waals surface area contributed by atoms with Crippen molar-refractivity contribution in [3.63, 3.8) is 0 Å². The third-order valence-electron chi connectivity index (χ3n) is 6.96. The molecule has 4 saturated carbocycles. The number of rotatable bonds is 7. The fraction of sp³-hybridized carbons (Fsp3) is 0.565. The first-order valence-corrected chi connectivity index (χ1v) is 10.9. The molecule has 31 heavy (non-hydrogen) atoms. The minimum absolute atomic E-state index is 0.106. The first-order chi connectivity index (χ1) is 14.9. The molecule has 4 aliphatic carbocycles. The summed E-state index contributed by atoms with van der Waals surface area (Å²) in [4.78, 5) is 48.0. The summed E-state index contributed by atoms with van der Waals surface area (Å²) in [6.45, 7) is -0.647. The normalized spacial score (nSPS) is 28.0. The molecule has 0 aromatic heterocycles. The van der Waals surface area contributed by atoms with Crippen molar-refractivity contribution in [1.82, 2.24) is 10.6 Å². The van der Waals surface area contributed by atoms with Gasteiger partial charge in [0.1, 0.15) is 0 Å². The number of carbonyl (C=O) groups excluding carboxylic acids is 4. The minimum atomic E-state index is -0.644. The van der Waals surface area contributed by atoms with E-state index in [4.69, 9.17) is 4.74 Å². The van der Waals surface area contributed by atoms with Crippen LogP contribution < -0.4 is 16.0 Å². The van der Waals surface area contributed by atoms with E-state index in [1.54, 1.807) is 24.3 Å². The van der Waals surface area contributed by atoms with E-state index in [2.05, 4.69) is 16.0 Å². The van der Waals surface area contributed by atoms with Gasteiger partial charge in [-0.15, -0.1) is 0 Å². The molecule has 0 atom stereocenters. The summed E-state index contributed by atoms with van der Waals surface area (Å²) < 4.78 is 4.97. The van der Waals surface area contributed by atoms with Gasteiger partial charge in [-0.05, 0) is 80.5 Å². The van der Waals surface area contributed by atoms with Crippen LogP contribution in [-0.2, 0) is 19.1 Å². The molecule has 1 aromatic rings. The standard InChI is InChI=1S/C23H29N3O5/c1-24-19(27)12-25-20(28)13-31-21(29)17-2-4-18(5-3-17)26-22(30)23-9-14-6-15(10-23)8-16(7-14)11-23/h2-5,14-16H,6-13H2,1H3,(H,24,27)(H,25,28)(H,26,30). The Morgan fingerprint density at radius 2 is 1.52 bits per heavy atom. The Morgan fingerprint density at radius 1 is 0.935 bits per heavy atom. The van der Waals surface area contributed by atoms with Gasteiger partial charge in [-0.3, -0.25) is 14.4 Å². The predicted molar refractivity (Wildman–Crippen MR) is 113 cm³/mol. The maximum absolute atomic E-state index is 13.1. The van der Waals surface area contributed by atoms with Gasteiger partial charge in [0.15, 0.2) is 6.61 Å². The van der Waals surface area contributed by atoms with Gasteiger partial charge in [-0.1, -0.05) is 0 Å². The number of hydrogen-bond acceptors (Lipinski definition) is 5. The molecule has 0 aliphatic heterocycles. The lowest BCUT2D eigenvalue weighted by Crippen LogP contribution is -2.51. The number of ether oxygens (including phenoxy) is 1. The van der Waals surface area contributed by atoms with Crippen LogP contribution in [0, 0.1) is 23.2 Å². The lowest BCUT2D eigenvalue weighted by Gasteiger charge is -2.55. The molecule has 0 radical (unpaired) electrons. The van der Waals surface area contributed by atoms with Crippen molar-refractivity contribution in [2.45, 2.75) is 38.5 Å². The van der Waals surface area contributed by atoms with Crippen molar-refractivity contribution in [3.05, 3.63) is 29.8 Å². The number of esters is 1. The molecule has 4 fully saturated rings. The van der Waals surface area contributed by atoms with Gasteiger partial charge in [-0.2, -0.15) is 0 Å². The van der Waals surface area contributed by atoms with Crippen molar-refractivity contribution < 1.29 is 23.9 Å². The highest BCUT2D eigenvalue weighted by molar-refractivity contribution is 5.97. The van der Waals surface area contributed by atoms with Crippen molar-refractivity contribution >= 4 is 29.4 Å². The number of anilines is 1. The minimum Gasteiger partial charge on any atom is -0.452 e. The molecule has 8 heteroatoms. The van der Waals surface area contributed by atoms with Crippen LogP contribution in [0.25, 0.3) is 0 Å². The third-order valence-corrected chi connectivity index (χ3v) is 6.96. The summed E-state index contributed by atoms with van der Waals surface area (Å²) in [5.74, 6) is 0.652. The molecule has 4 bridgehead atoms. The second kappa shape index (κ2) is 8.69. The van der Waals surface area contributed by atoms with Gasteiger partial charge < -0.3 is 20.7 Å². The van der Waals surface area contributed by atoms with E-state index >= 15 is 0 Å². The van der Waals surface area contributed by atoms with Crippen LogP contribution in [0.15, 0.2) is 24.3 Å². The van der Waals surface area contributed by atoms with Gasteiger partial charge in [0.05, 0.1) is 17.5 Å². The summed E-state index contributed by atoms with van der Waals surface area (Å²) in [6.07, 6.45) is 6.85. The molecule has 1 aromatic carbocycles. The average molecular weight is 428 g/mol. The van der Waals surface area contributed by atoms with Gasteiger partial charge in [0.2, 0.25) is 11.8 Å². The van der Waals surface area contributed by atoms with Gasteiger partial charge in [-0.25, -0.2) is 4.79 Å². The Bertz CT molecular complexity index is 844. The van der Waals surface area contributed by atoms with Crippen LogP contribution in [0.2, 0.25) is 0 Å². The van der Waals surface area contributed by atoms with Crippen LogP contribution in [0.4, 0.5) is 5.69 Å². The number of amides is 3. The Kier molecular flexibility index (Phi) is 5.98. The zero-order valence-electron chi connectivity index (χ0n) is 17.7. The largest absolute Gasteiger partial charge is 0.452 e. The summed E-state index contributed by atoms with van der Waals surface area (Å²) in [7, 11) is 1.46. The lowest BCUT2D eigenvalue weighted by molar-refractivity contribution is -0.140.